The molecule has 322 valence electrons. The van der Waals surface area contributed by atoms with Crippen LogP contribution in [-0.2, 0) is 53.8 Å². The Hall–Kier alpha value is -2.56. The molecule has 0 spiro atoms. The van der Waals surface area contributed by atoms with Gasteiger partial charge in [0.1, 0.15) is 24.7 Å². The lowest BCUT2D eigenvalue weighted by atomic mass is 10.0. The van der Waals surface area contributed by atoms with Gasteiger partial charge in [-0.1, -0.05) is 57.6 Å². The van der Waals surface area contributed by atoms with E-state index in [0.29, 0.717) is 151 Å². The minimum atomic E-state index is 0.475. The topological polar surface area (TPSA) is 137 Å². The van der Waals surface area contributed by atoms with Crippen molar-refractivity contribution in [2.24, 2.45) is 0 Å². The molecule has 0 aromatic heterocycles. The lowest BCUT2D eigenvalue weighted by Crippen LogP contribution is -2.15. The molecule has 2 rings (SSSR count). The summed E-state index contributed by atoms with van der Waals surface area (Å²) in [7, 11) is 0. The molecule has 0 radical (unpaired) electrons. The molecule has 13 nitrogen and oxygen atoms in total. The van der Waals surface area contributed by atoms with Crippen molar-refractivity contribution in [2.45, 2.75) is 58.3 Å². The van der Waals surface area contributed by atoms with E-state index >= 15 is 0 Å². The van der Waals surface area contributed by atoms with Gasteiger partial charge in [0.15, 0.2) is 0 Å². The first-order valence-electron chi connectivity index (χ1n) is 20.8. The molecule has 56 heavy (non-hydrogen) atoms. The van der Waals surface area contributed by atoms with Crippen LogP contribution in [0.3, 0.4) is 0 Å². The third-order valence-electron chi connectivity index (χ3n) is 8.21. The molecule has 0 amide bonds. The molecule has 0 bridgehead atoms. The van der Waals surface area contributed by atoms with E-state index in [-0.39, 0.29) is 0 Å². The van der Waals surface area contributed by atoms with E-state index in [1.807, 2.05) is 12.1 Å². The van der Waals surface area contributed by atoms with Gasteiger partial charge in [0.2, 0.25) is 0 Å². The maximum Gasteiger partial charge on any atom is 0.119 e. The van der Waals surface area contributed by atoms with Gasteiger partial charge in [-0.3, -0.25) is 0 Å². The summed E-state index contributed by atoms with van der Waals surface area (Å²) in [6.45, 7) is 13.5. The van der Waals surface area contributed by atoms with E-state index in [1.54, 1.807) is 12.1 Å². The van der Waals surface area contributed by atoms with Crippen LogP contribution in [0.5, 0.6) is 11.5 Å². The van der Waals surface area contributed by atoms with Crippen LogP contribution < -0.4 is 15.2 Å². The van der Waals surface area contributed by atoms with Gasteiger partial charge in [0, 0.05) is 5.69 Å². The summed E-state index contributed by atoms with van der Waals surface area (Å²) in [5, 5.41) is 0. The standard InChI is InChI=1S/C43H73NO12/c1-2-3-4-5-6-7-8-9-40-10-14-42(15-11-40)55-38-36-53-34-32-51-30-28-49-26-24-47-22-20-45-18-19-46-21-23-48-25-27-50-29-31-52-33-35-54-37-39-56-43-16-12-41(44)13-17-43/h10-17H,2-9,18-39,44H2,1H3. The second-order valence-corrected chi connectivity index (χ2v) is 12.9. The molecule has 13 heteroatoms. The molecular formula is C43H73NO12. The Morgan fingerprint density at radius 1 is 0.321 bits per heavy atom. The quantitative estimate of drug-likeness (QED) is 0.0605. The fourth-order valence-electron chi connectivity index (χ4n) is 5.12. The normalized spacial score (nSPS) is 11.4. The van der Waals surface area contributed by atoms with E-state index in [9.17, 15) is 0 Å². The molecule has 2 aromatic rings. The van der Waals surface area contributed by atoms with Crippen LogP contribution in [0, 0.1) is 0 Å². The smallest absolute Gasteiger partial charge is 0.119 e. The van der Waals surface area contributed by atoms with Crippen molar-refractivity contribution in [3.8, 4) is 11.5 Å². The molecule has 0 aliphatic heterocycles. The predicted molar refractivity (Wildman–Crippen MR) is 218 cm³/mol. The Labute approximate surface area is 337 Å². The zero-order valence-electron chi connectivity index (χ0n) is 34.3. The Balaban J connectivity index is 1.17. The van der Waals surface area contributed by atoms with Crippen molar-refractivity contribution in [1.82, 2.24) is 0 Å². The van der Waals surface area contributed by atoms with E-state index in [2.05, 4.69) is 31.2 Å². The van der Waals surface area contributed by atoms with Gasteiger partial charge in [-0.25, -0.2) is 0 Å². The van der Waals surface area contributed by atoms with E-state index < -0.39 is 0 Å². The van der Waals surface area contributed by atoms with Crippen LogP contribution in [0.4, 0.5) is 5.69 Å². The van der Waals surface area contributed by atoms with E-state index in [1.165, 1.54) is 50.5 Å². The fourth-order valence-corrected chi connectivity index (χ4v) is 5.12. The number of ether oxygens (including phenoxy) is 12. The summed E-state index contributed by atoms with van der Waals surface area (Å²) in [5.74, 6) is 1.66. The van der Waals surface area contributed by atoms with Gasteiger partial charge in [0.25, 0.3) is 0 Å². The third-order valence-corrected chi connectivity index (χ3v) is 8.21. The van der Waals surface area contributed by atoms with Gasteiger partial charge in [0.05, 0.1) is 132 Å². The number of nitrogen functional groups attached to an aromatic ring is 1. The highest BCUT2D eigenvalue weighted by molar-refractivity contribution is 5.41. The fraction of sp³-hybridized carbons (Fsp3) is 0.721. The molecule has 0 saturated carbocycles. The third kappa shape index (κ3) is 32.5. The molecule has 0 saturated heterocycles. The van der Waals surface area contributed by atoms with Crippen molar-refractivity contribution >= 4 is 5.69 Å². The Morgan fingerprint density at radius 3 is 0.911 bits per heavy atom. The molecule has 0 fully saturated rings. The summed E-state index contributed by atoms with van der Waals surface area (Å²) < 4.78 is 66.6. The average molecular weight is 796 g/mol. The minimum Gasteiger partial charge on any atom is -0.491 e. The van der Waals surface area contributed by atoms with Crippen LogP contribution in [0.25, 0.3) is 0 Å². The van der Waals surface area contributed by atoms with Gasteiger partial charge in [-0.15, -0.1) is 0 Å². The van der Waals surface area contributed by atoms with Gasteiger partial charge < -0.3 is 62.6 Å². The number of anilines is 1. The largest absolute Gasteiger partial charge is 0.491 e. The molecule has 0 atom stereocenters. The summed E-state index contributed by atoms with van der Waals surface area (Å²) in [6.07, 6.45) is 10.5. The van der Waals surface area contributed by atoms with E-state index in [4.69, 9.17) is 62.6 Å². The second kappa shape index (κ2) is 39.3. The highest BCUT2D eigenvalue weighted by Crippen LogP contribution is 2.16. The number of hydrogen-bond acceptors (Lipinski definition) is 13. The summed E-state index contributed by atoms with van der Waals surface area (Å²) in [6, 6.07) is 15.7. The second-order valence-electron chi connectivity index (χ2n) is 12.9. The SMILES string of the molecule is CCCCCCCCCc1ccc(OCCOCCOCCOCCOCCOCCOCCOCCOCCOCCOCCOc2ccc(N)cc2)cc1. The zero-order valence-corrected chi connectivity index (χ0v) is 34.3. The number of unbranched alkanes of at least 4 members (excludes halogenated alkanes) is 6. The summed E-state index contributed by atoms with van der Waals surface area (Å²) >= 11 is 0. The lowest BCUT2D eigenvalue weighted by molar-refractivity contribution is -0.0269. The number of rotatable bonds is 43. The number of nitrogens with two attached hydrogens (primary N) is 1. The number of hydrogen-bond donors (Lipinski definition) is 1. The highest BCUT2D eigenvalue weighted by Gasteiger charge is 2.00. The monoisotopic (exact) mass is 796 g/mol. The van der Waals surface area contributed by atoms with Crippen LogP contribution in [-0.4, -0.2) is 145 Å². The van der Waals surface area contributed by atoms with Crippen molar-refractivity contribution in [3.05, 3.63) is 54.1 Å². The van der Waals surface area contributed by atoms with Crippen molar-refractivity contribution in [1.29, 1.82) is 0 Å². The molecule has 0 aliphatic rings. The molecule has 2 N–H and O–H groups in total. The van der Waals surface area contributed by atoms with Crippen LogP contribution in [0.2, 0.25) is 0 Å². The minimum absolute atomic E-state index is 0.475. The molecule has 0 aliphatic carbocycles. The van der Waals surface area contributed by atoms with Crippen molar-refractivity contribution < 1.29 is 56.8 Å². The maximum absolute atomic E-state index is 5.79. The van der Waals surface area contributed by atoms with Crippen LogP contribution in [0.1, 0.15) is 57.4 Å². The summed E-state index contributed by atoms with van der Waals surface area (Å²) in [4.78, 5) is 0. The predicted octanol–water partition coefficient (Wildman–Crippen LogP) is 6.19. The van der Waals surface area contributed by atoms with Gasteiger partial charge in [-0.05, 0) is 54.8 Å². The Kier molecular flexibility index (Phi) is 34.8. The highest BCUT2D eigenvalue weighted by atomic mass is 16.6. The van der Waals surface area contributed by atoms with Gasteiger partial charge in [-0.2, -0.15) is 0 Å². The molecule has 0 unspecified atom stereocenters. The maximum atomic E-state index is 5.79. The van der Waals surface area contributed by atoms with Crippen LogP contribution in [0.15, 0.2) is 48.5 Å². The Morgan fingerprint density at radius 2 is 0.589 bits per heavy atom. The van der Waals surface area contributed by atoms with Crippen molar-refractivity contribution in [3.63, 3.8) is 0 Å². The first kappa shape index (κ1) is 49.6. The van der Waals surface area contributed by atoms with Gasteiger partial charge >= 0.3 is 0 Å². The lowest BCUT2D eigenvalue weighted by Gasteiger charge is -2.09. The number of benzene rings is 2. The molecule has 0 heterocycles. The zero-order chi connectivity index (χ0) is 39.7. The van der Waals surface area contributed by atoms with Crippen molar-refractivity contribution in [2.75, 3.05) is 151 Å². The number of aryl methyl sites for hydroxylation is 1. The summed E-state index contributed by atoms with van der Waals surface area (Å²) in [5.41, 5.74) is 7.74. The molecular weight excluding hydrogens is 722 g/mol. The van der Waals surface area contributed by atoms with E-state index in [0.717, 1.165) is 17.9 Å². The van der Waals surface area contributed by atoms with Crippen LogP contribution >= 0.6 is 0 Å². The first-order valence-corrected chi connectivity index (χ1v) is 20.8. The average Bonchev–Trinajstić information content (AvgIpc) is 3.21. The first-order chi connectivity index (χ1) is 27.8. The molecule has 2 aromatic carbocycles. The Bertz CT molecular complexity index is 1080.